The first-order valence-corrected chi connectivity index (χ1v) is 12.9. The molecule has 3 atom stereocenters. The SMILES string of the molecule is Cc1ccc([C@H]2c3[nH]c4ccccc4c3C[C@H]3C(=O)N(c4ccccc4C(=O)N[C@@H](CO)C(=O)O)C(=O)N23)cc1. The lowest BCUT2D eigenvalue weighted by Gasteiger charge is -2.36. The van der Waals surface area contributed by atoms with E-state index in [2.05, 4.69) is 10.3 Å². The van der Waals surface area contributed by atoms with Crippen molar-refractivity contribution in [2.24, 2.45) is 0 Å². The van der Waals surface area contributed by atoms with Crippen molar-refractivity contribution in [3.8, 4) is 0 Å². The number of hydrogen-bond acceptors (Lipinski definition) is 5. The van der Waals surface area contributed by atoms with Crippen molar-refractivity contribution in [3.05, 3.63) is 101 Å². The van der Waals surface area contributed by atoms with Gasteiger partial charge < -0.3 is 20.5 Å². The van der Waals surface area contributed by atoms with Crippen molar-refractivity contribution in [2.45, 2.75) is 31.5 Å². The summed E-state index contributed by atoms with van der Waals surface area (Å²) in [6.07, 6.45) is 0.294. The Kier molecular flexibility index (Phi) is 6.11. The molecular weight excluding hydrogens is 512 g/mol. The number of urea groups is 1. The van der Waals surface area contributed by atoms with Crippen LogP contribution in [0.5, 0.6) is 0 Å². The first kappa shape index (κ1) is 25.3. The summed E-state index contributed by atoms with van der Waals surface area (Å²) in [6.45, 7) is 1.16. The number of aryl methyl sites for hydroxylation is 1. The Hall–Kier alpha value is -4.96. The molecule has 4 N–H and O–H groups in total. The number of aliphatic hydroxyl groups is 1. The van der Waals surface area contributed by atoms with E-state index in [1.165, 1.54) is 12.1 Å². The maximum Gasteiger partial charge on any atom is 0.332 e. The first-order chi connectivity index (χ1) is 19.3. The Morgan fingerprint density at radius 2 is 1.73 bits per heavy atom. The Balaban J connectivity index is 1.45. The fourth-order valence-electron chi connectivity index (χ4n) is 5.67. The molecule has 6 rings (SSSR count). The predicted molar refractivity (Wildman–Crippen MR) is 146 cm³/mol. The molecule has 0 aliphatic carbocycles. The summed E-state index contributed by atoms with van der Waals surface area (Å²) < 4.78 is 0. The molecule has 4 aromatic rings. The minimum absolute atomic E-state index is 0.0441. The molecule has 10 heteroatoms. The molecule has 1 fully saturated rings. The fourth-order valence-corrected chi connectivity index (χ4v) is 5.67. The van der Waals surface area contributed by atoms with Gasteiger partial charge in [0.25, 0.3) is 11.8 Å². The molecule has 10 nitrogen and oxygen atoms in total. The van der Waals surface area contributed by atoms with E-state index >= 15 is 0 Å². The van der Waals surface area contributed by atoms with E-state index in [0.717, 1.165) is 38.2 Å². The number of imide groups is 1. The van der Waals surface area contributed by atoms with Gasteiger partial charge >= 0.3 is 12.0 Å². The zero-order valence-electron chi connectivity index (χ0n) is 21.5. The van der Waals surface area contributed by atoms with Crippen LogP contribution >= 0.6 is 0 Å². The monoisotopic (exact) mass is 538 g/mol. The number of fused-ring (bicyclic) bond motifs is 4. The predicted octanol–water partition coefficient (Wildman–Crippen LogP) is 3.13. The molecular formula is C30H26N4O6. The summed E-state index contributed by atoms with van der Waals surface area (Å²) in [4.78, 5) is 58.6. The van der Waals surface area contributed by atoms with Crippen LogP contribution in [0.15, 0.2) is 72.8 Å². The van der Waals surface area contributed by atoms with Crippen LogP contribution in [-0.4, -0.2) is 62.6 Å². The van der Waals surface area contributed by atoms with Gasteiger partial charge in [-0.25, -0.2) is 14.5 Å². The van der Waals surface area contributed by atoms with Crippen LogP contribution in [0.2, 0.25) is 0 Å². The van der Waals surface area contributed by atoms with Gasteiger partial charge in [-0.2, -0.15) is 0 Å². The average Bonchev–Trinajstić information content (AvgIpc) is 3.45. The van der Waals surface area contributed by atoms with Crippen LogP contribution in [-0.2, 0) is 16.0 Å². The van der Waals surface area contributed by atoms with Crippen molar-refractivity contribution in [3.63, 3.8) is 0 Å². The number of para-hydroxylation sites is 2. The van der Waals surface area contributed by atoms with Crippen molar-refractivity contribution in [1.82, 2.24) is 15.2 Å². The lowest BCUT2D eigenvalue weighted by Crippen LogP contribution is -2.44. The summed E-state index contributed by atoms with van der Waals surface area (Å²) in [5.74, 6) is -2.71. The molecule has 1 saturated heterocycles. The van der Waals surface area contributed by atoms with Crippen LogP contribution in [0.25, 0.3) is 10.9 Å². The number of amides is 4. The molecule has 0 radical (unpaired) electrons. The van der Waals surface area contributed by atoms with Crippen molar-refractivity contribution in [1.29, 1.82) is 0 Å². The number of aliphatic hydroxyl groups excluding tert-OH is 1. The number of aromatic nitrogens is 1. The van der Waals surface area contributed by atoms with Gasteiger partial charge in [-0.05, 0) is 36.2 Å². The number of anilines is 1. The molecule has 202 valence electrons. The van der Waals surface area contributed by atoms with E-state index in [-0.39, 0.29) is 11.3 Å². The number of nitrogens with zero attached hydrogens (tertiary/aromatic N) is 2. The van der Waals surface area contributed by atoms with Gasteiger partial charge in [0.05, 0.1) is 17.9 Å². The quantitative estimate of drug-likeness (QED) is 0.278. The van der Waals surface area contributed by atoms with Crippen LogP contribution in [0.3, 0.4) is 0 Å². The third-order valence-electron chi connectivity index (χ3n) is 7.62. The molecule has 0 bridgehead atoms. The highest BCUT2D eigenvalue weighted by Crippen LogP contribution is 2.45. The maximum absolute atomic E-state index is 14.1. The topological polar surface area (TPSA) is 143 Å². The normalized spacial score (nSPS) is 18.9. The summed E-state index contributed by atoms with van der Waals surface area (Å²) in [6, 6.07) is 18.2. The molecule has 2 aliphatic heterocycles. The Morgan fingerprint density at radius 3 is 2.45 bits per heavy atom. The third-order valence-corrected chi connectivity index (χ3v) is 7.62. The number of carbonyl (C=O) groups is 4. The van der Waals surface area contributed by atoms with E-state index in [0.29, 0.717) is 6.42 Å². The van der Waals surface area contributed by atoms with Crippen LogP contribution in [0.4, 0.5) is 10.5 Å². The molecule has 1 aromatic heterocycles. The Labute approximate surface area is 228 Å². The maximum atomic E-state index is 14.1. The van der Waals surface area contributed by atoms with Crippen molar-refractivity contribution in [2.75, 3.05) is 11.5 Å². The highest BCUT2D eigenvalue weighted by Gasteiger charge is 2.53. The number of hydrogen-bond donors (Lipinski definition) is 4. The second-order valence-corrected chi connectivity index (χ2v) is 10.0. The number of benzene rings is 3. The van der Waals surface area contributed by atoms with Crippen molar-refractivity contribution < 1.29 is 29.4 Å². The van der Waals surface area contributed by atoms with E-state index in [4.69, 9.17) is 0 Å². The van der Waals surface area contributed by atoms with Gasteiger partial charge in [0.2, 0.25) is 0 Å². The molecule has 0 saturated carbocycles. The zero-order valence-corrected chi connectivity index (χ0v) is 21.5. The number of carboxylic acid groups (broad SMARTS) is 1. The third kappa shape index (κ3) is 3.92. The number of rotatable bonds is 6. The first-order valence-electron chi connectivity index (χ1n) is 12.9. The largest absolute Gasteiger partial charge is 0.480 e. The van der Waals surface area contributed by atoms with Gasteiger partial charge in [0, 0.05) is 23.0 Å². The van der Waals surface area contributed by atoms with Gasteiger partial charge in [0.15, 0.2) is 6.04 Å². The number of carboxylic acids is 1. The van der Waals surface area contributed by atoms with Crippen molar-refractivity contribution >= 4 is 40.4 Å². The van der Waals surface area contributed by atoms with Gasteiger partial charge in [-0.15, -0.1) is 0 Å². The van der Waals surface area contributed by atoms with E-state index in [1.54, 1.807) is 17.0 Å². The standard InChI is InChI=1S/C30H26N4O6/c1-16-10-12-17(13-11-16)26-25-20(18-6-2-4-8-21(18)31-25)14-24-28(37)34(30(40)33(24)26)23-9-5-3-7-19(23)27(36)32-22(15-35)29(38)39/h2-13,22,24,26,31,35H,14-15H2,1H3,(H,32,36)(H,38,39)/t22-,24-,26-/m0/s1. The number of nitrogens with one attached hydrogen (secondary N) is 2. The molecule has 2 aliphatic rings. The lowest BCUT2D eigenvalue weighted by molar-refractivity contribution is -0.140. The minimum Gasteiger partial charge on any atom is -0.480 e. The lowest BCUT2D eigenvalue weighted by atomic mass is 9.88. The van der Waals surface area contributed by atoms with E-state index in [9.17, 15) is 29.4 Å². The van der Waals surface area contributed by atoms with Crippen LogP contribution < -0.4 is 10.2 Å². The fraction of sp³-hybridized carbons (Fsp3) is 0.200. The smallest absolute Gasteiger partial charge is 0.332 e. The van der Waals surface area contributed by atoms with Crippen LogP contribution in [0, 0.1) is 6.92 Å². The second-order valence-electron chi connectivity index (χ2n) is 10.0. The number of aliphatic carboxylic acids is 1. The van der Waals surface area contributed by atoms with Gasteiger partial charge in [-0.3, -0.25) is 14.5 Å². The summed E-state index contributed by atoms with van der Waals surface area (Å²) in [5.41, 5.74) is 4.60. The molecule has 4 amide bonds. The Bertz CT molecular complexity index is 1680. The molecule has 0 unspecified atom stereocenters. The average molecular weight is 539 g/mol. The van der Waals surface area contributed by atoms with Gasteiger partial charge in [-0.1, -0.05) is 60.2 Å². The number of aromatic amines is 1. The highest BCUT2D eigenvalue weighted by molar-refractivity contribution is 6.24. The number of H-pyrrole nitrogens is 1. The van der Waals surface area contributed by atoms with Crippen LogP contribution in [0.1, 0.15) is 38.8 Å². The minimum atomic E-state index is -1.54. The summed E-state index contributed by atoms with van der Waals surface area (Å²) in [7, 11) is 0. The van der Waals surface area contributed by atoms with E-state index < -0.39 is 48.5 Å². The van der Waals surface area contributed by atoms with Gasteiger partial charge in [0.1, 0.15) is 12.1 Å². The second kappa shape index (κ2) is 9.65. The molecule has 40 heavy (non-hydrogen) atoms. The molecule has 3 heterocycles. The van der Waals surface area contributed by atoms with E-state index in [1.807, 2.05) is 55.5 Å². The Morgan fingerprint density at radius 1 is 1.02 bits per heavy atom. The summed E-state index contributed by atoms with van der Waals surface area (Å²) in [5, 5.41) is 21.9. The number of carbonyl (C=O) groups excluding carboxylic acids is 3. The molecule has 3 aromatic carbocycles. The molecule has 0 spiro atoms. The summed E-state index contributed by atoms with van der Waals surface area (Å²) >= 11 is 0. The highest BCUT2D eigenvalue weighted by atomic mass is 16.4. The zero-order chi connectivity index (χ0) is 28.1.